The fraction of sp³-hybridized carbons (Fsp3) is 0.143. The quantitative estimate of drug-likeness (QED) is 0.841. The summed E-state index contributed by atoms with van der Waals surface area (Å²) in [6.07, 6.45) is 0.555. The number of anilines is 1. The number of carbonyl (C=O) groups is 1. The van der Waals surface area contributed by atoms with E-state index in [-0.39, 0.29) is 5.91 Å². The van der Waals surface area contributed by atoms with E-state index in [4.69, 9.17) is 29.6 Å². The Morgan fingerprint density at radius 2 is 2.05 bits per heavy atom. The summed E-state index contributed by atoms with van der Waals surface area (Å²) in [7, 11) is 0. The van der Waals surface area contributed by atoms with Crippen LogP contribution < -0.4 is 11.1 Å². The predicted octanol–water partition coefficient (Wildman–Crippen LogP) is 3.79. The lowest BCUT2D eigenvalue weighted by Gasteiger charge is -2.06. The molecule has 20 heavy (non-hydrogen) atoms. The van der Waals surface area contributed by atoms with Gasteiger partial charge >= 0.3 is 0 Å². The van der Waals surface area contributed by atoms with Crippen LogP contribution in [0.15, 0.2) is 29.6 Å². The van der Waals surface area contributed by atoms with Gasteiger partial charge in [0.25, 0.3) is 5.91 Å². The molecule has 0 atom stereocenters. The zero-order valence-corrected chi connectivity index (χ0v) is 13.2. The summed E-state index contributed by atoms with van der Waals surface area (Å²) in [6.45, 7) is 1.88. The maximum atomic E-state index is 12.1. The molecule has 3 N–H and O–H groups in total. The number of thiophene rings is 1. The minimum absolute atomic E-state index is 0.199. The third-order valence-corrected chi connectivity index (χ3v) is 4.54. The number of nitrogens with one attached hydrogen (secondary N) is 1. The van der Waals surface area contributed by atoms with Crippen molar-refractivity contribution in [2.45, 2.75) is 13.3 Å². The summed E-state index contributed by atoms with van der Waals surface area (Å²) in [5.74, 6) is -0.199. The number of benzene rings is 1. The Hall–Kier alpha value is -1.43. The average molecular weight is 325 g/mol. The standard InChI is InChI=1S/C14H13ClN2OS2/c1-8-7-20-13(12(8)15)14(18)17-10-4-2-9(3-5-10)6-11(16)19/h2-5,7H,6H2,1H3,(H2,16,19)(H,17,18). The van der Waals surface area contributed by atoms with Crippen molar-refractivity contribution < 1.29 is 4.79 Å². The zero-order valence-electron chi connectivity index (χ0n) is 10.8. The zero-order chi connectivity index (χ0) is 14.7. The van der Waals surface area contributed by atoms with Crippen molar-refractivity contribution in [3.63, 3.8) is 0 Å². The van der Waals surface area contributed by atoms with Gasteiger partial charge in [0.15, 0.2) is 0 Å². The van der Waals surface area contributed by atoms with E-state index in [1.54, 1.807) is 0 Å². The van der Waals surface area contributed by atoms with Gasteiger partial charge in [-0.2, -0.15) is 0 Å². The Bertz CT molecular complexity index is 650. The fourth-order valence-corrected chi connectivity index (χ4v) is 3.02. The highest BCUT2D eigenvalue weighted by Gasteiger charge is 2.14. The molecule has 0 fully saturated rings. The van der Waals surface area contributed by atoms with E-state index in [0.29, 0.717) is 27.0 Å². The predicted molar refractivity (Wildman–Crippen MR) is 89.0 cm³/mol. The Kier molecular flexibility index (Phi) is 4.75. The van der Waals surface area contributed by atoms with Gasteiger partial charge in [-0.25, -0.2) is 0 Å². The maximum absolute atomic E-state index is 12.1. The molecule has 0 spiro atoms. The molecule has 0 radical (unpaired) electrons. The van der Waals surface area contributed by atoms with Gasteiger partial charge in [-0.15, -0.1) is 11.3 Å². The van der Waals surface area contributed by atoms with Gasteiger partial charge in [0, 0.05) is 12.1 Å². The van der Waals surface area contributed by atoms with E-state index in [0.717, 1.165) is 11.1 Å². The number of aryl methyl sites for hydroxylation is 1. The molecule has 2 rings (SSSR count). The van der Waals surface area contributed by atoms with Crippen molar-refractivity contribution in [3.05, 3.63) is 50.7 Å². The number of hydrogen-bond donors (Lipinski definition) is 2. The van der Waals surface area contributed by atoms with Crippen LogP contribution in [-0.4, -0.2) is 10.9 Å². The summed E-state index contributed by atoms with van der Waals surface area (Å²) < 4.78 is 0. The molecule has 104 valence electrons. The van der Waals surface area contributed by atoms with E-state index in [2.05, 4.69) is 5.32 Å². The second-order valence-electron chi connectivity index (χ2n) is 4.36. The molecule has 1 aromatic carbocycles. The second-order valence-corrected chi connectivity index (χ2v) is 6.14. The number of halogens is 1. The van der Waals surface area contributed by atoms with Gasteiger partial charge < -0.3 is 11.1 Å². The summed E-state index contributed by atoms with van der Waals surface area (Å²) in [6, 6.07) is 7.41. The van der Waals surface area contributed by atoms with E-state index in [1.807, 2.05) is 36.6 Å². The van der Waals surface area contributed by atoms with Crippen LogP contribution in [0.1, 0.15) is 20.8 Å². The van der Waals surface area contributed by atoms with Gasteiger partial charge in [-0.05, 0) is 35.6 Å². The molecule has 0 aliphatic heterocycles. The molecule has 0 bridgehead atoms. The van der Waals surface area contributed by atoms with E-state index < -0.39 is 0 Å². The van der Waals surface area contributed by atoms with Crippen LogP contribution in [0.25, 0.3) is 0 Å². The van der Waals surface area contributed by atoms with Gasteiger partial charge in [0.1, 0.15) is 4.88 Å². The first-order valence-corrected chi connectivity index (χ1v) is 7.56. The number of rotatable bonds is 4. The lowest BCUT2D eigenvalue weighted by molar-refractivity contribution is 0.103. The molecule has 1 amide bonds. The molecular formula is C14H13ClN2OS2. The fourth-order valence-electron chi connectivity index (χ4n) is 1.68. The third kappa shape index (κ3) is 3.56. The average Bonchev–Trinajstić information content (AvgIpc) is 2.72. The molecule has 0 unspecified atom stereocenters. The number of amides is 1. The first kappa shape index (κ1) is 15.0. The van der Waals surface area contributed by atoms with Crippen LogP contribution in [0.3, 0.4) is 0 Å². The largest absolute Gasteiger partial charge is 0.393 e. The lowest BCUT2D eigenvalue weighted by atomic mass is 10.1. The molecular weight excluding hydrogens is 312 g/mol. The maximum Gasteiger partial charge on any atom is 0.267 e. The number of thiocarbonyl (C=S) groups is 1. The molecule has 6 heteroatoms. The van der Waals surface area contributed by atoms with Crippen molar-refractivity contribution in [2.24, 2.45) is 5.73 Å². The van der Waals surface area contributed by atoms with Crippen LogP contribution in [0.5, 0.6) is 0 Å². The van der Waals surface area contributed by atoms with E-state index in [9.17, 15) is 4.79 Å². The van der Waals surface area contributed by atoms with Crippen molar-refractivity contribution in [3.8, 4) is 0 Å². The van der Waals surface area contributed by atoms with Crippen molar-refractivity contribution in [1.82, 2.24) is 0 Å². The van der Waals surface area contributed by atoms with E-state index >= 15 is 0 Å². The van der Waals surface area contributed by atoms with Crippen LogP contribution in [0, 0.1) is 6.92 Å². The smallest absolute Gasteiger partial charge is 0.267 e. The number of nitrogens with two attached hydrogens (primary N) is 1. The summed E-state index contributed by atoms with van der Waals surface area (Å²) in [5.41, 5.74) is 8.12. The highest BCUT2D eigenvalue weighted by Crippen LogP contribution is 2.27. The highest BCUT2D eigenvalue weighted by atomic mass is 35.5. The Morgan fingerprint density at radius 1 is 1.40 bits per heavy atom. The first-order valence-electron chi connectivity index (χ1n) is 5.89. The summed E-state index contributed by atoms with van der Waals surface area (Å²) >= 11 is 12.3. The number of carbonyl (C=O) groups excluding carboxylic acids is 1. The van der Waals surface area contributed by atoms with Gasteiger partial charge in [0.05, 0.1) is 10.0 Å². The van der Waals surface area contributed by atoms with Gasteiger partial charge in [-0.1, -0.05) is 36.0 Å². The van der Waals surface area contributed by atoms with Crippen LogP contribution in [0.4, 0.5) is 5.69 Å². The molecule has 1 heterocycles. The summed E-state index contributed by atoms with van der Waals surface area (Å²) in [5, 5.41) is 5.19. The van der Waals surface area contributed by atoms with Gasteiger partial charge in [0.2, 0.25) is 0 Å². The third-order valence-electron chi connectivity index (χ3n) is 2.70. The van der Waals surface area contributed by atoms with Crippen LogP contribution >= 0.6 is 35.2 Å². The Morgan fingerprint density at radius 3 is 2.55 bits per heavy atom. The Labute approximate surface area is 131 Å². The van der Waals surface area contributed by atoms with E-state index in [1.165, 1.54) is 11.3 Å². The topological polar surface area (TPSA) is 55.1 Å². The number of hydrogen-bond acceptors (Lipinski definition) is 3. The normalized spacial score (nSPS) is 10.3. The van der Waals surface area contributed by atoms with Crippen molar-refractivity contribution >= 4 is 51.7 Å². The minimum atomic E-state index is -0.199. The van der Waals surface area contributed by atoms with Gasteiger partial charge in [-0.3, -0.25) is 4.79 Å². The first-order chi connectivity index (χ1) is 9.47. The molecule has 2 aromatic rings. The second kappa shape index (κ2) is 6.35. The molecule has 3 nitrogen and oxygen atoms in total. The molecule has 0 aliphatic rings. The molecule has 0 saturated carbocycles. The molecule has 0 aliphatic carbocycles. The minimum Gasteiger partial charge on any atom is -0.393 e. The Balaban J connectivity index is 2.08. The summed E-state index contributed by atoms with van der Waals surface area (Å²) in [4.78, 5) is 13.1. The SMILES string of the molecule is Cc1csc(C(=O)Nc2ccc(CC(N)=S)cc2)c1Cl. The monoisotopic (exact) mass is 324 g/mol. The lowest BCUT2D eigenvalue weighted by Crippen LogP contribution is -2.12. The van der Waals surface area contributed by atoms with Crippen LogP contribution in [-0.2, 0) is 6.42 Å². The molecule has 1 aromatic heterocycles. The van der Waals surface area contributed by atoms with Crippen molar-refractivity contribution in [2.75, 3.05) is 5.32 Å². The van der Waals surface area contributed by atoms with Crippen LogP contribution in [0.2, 0.25) is 5.02 Å². The highest BCUT2D eigenvalue weighted by molar-refractivity contribution is 7.80. The molecule has 0 saturated heterocycles. The van der Waals surface area contributed by atoms with Crippen molar-refractivity contribution in [1.29, 1.82) is 0 Å².